The number of benzene rings is 6. The summed E-state index contributed by atoms with van der Waals surface area (Å²) in [5.41, 5.74) is 10.4. The maximum Gasteiger partial charge on any atom is 0.163 e. The average molecular weight is 563 g/mol. The molecule has 1 atom stereocenters. The standard InChI is InChI=1S/C40H26N4/c1-4-14-26(15-5-1)38-41-39(27-16-6-2-7-17-27)43-40(42-38)37-30-21-11-10-20-29(30)31-24-25-34-35(36(31)37)32-22-12-13-23-33(32)44(34)28-18-8-3-9-19-28/h1-25,37H. The van der Waals surface area contributed by atoms with Crippen molar-refractivity contribution in [3.63, 3.8) is 0 Å². The maximum absolute atomic E-state index is 5.23. The first kappa shape index (κ1) is 24.7. The minimum absolute atomic E-state index is 0.159. The number of hydrogen-bond donors (Lipinski definition) is 0. The highest BCUT2D eigenvalue weighted by molar-refractivity contribution is 6.14. The third-order valence-corrected chi connectivity index (χ3v) is 8.72. The van der Waals surface area contributed by atoms with Crippen molar-refractivity contribution in [2.45, 2.75) is 5.92 Å². The zero-order valence-electron chi connectivity index (χ0n) is 23.8. The van der Waals surface area contributed by atoms with Crippen LogP contribution in [0.1, 0.15) is 22.9 Å². The Labute approximate surface area is 255 Å². The first-order valence-corrected chi connectivity index (χ1v) is 14.9. The van der Waals surface area contributed by atoms with Gasteiger partial charge in [-0.25, -0.2) is 15.0 Å². The molecule has 0 saturated carbocycles. The lowest BCUT2D eigenvalue weighted by Gasteiger charge is -2.16. The molecule has 0 fully saturated rings. The summed E-state index contributed by atoms with van der Waals surface area (Å²) in [4.78, 5) is 15.5. The quantitative estimate of drug-likeness (QED) is 0.215. The van der Waals surface area contributed by atoms with E-state index in [0.29, 0.717) is 11.6 Å². The summed E-state index contributed by atoms with van der Waals surface area (Å²) in [6, 6.07) is 53.0. The SMILES string of the molecule is c1ccc(-c2nc(-c3ccccc3)nc(C3c4ccccc4-c4ccc5c(c43)c3ccccc3n5-c3ccccc3)n2)cc1. The zero-order chi connectivity index (χ0) is 29.0. The number of aromatic nitrogens is 4. The Morgan fingerprint density at radius 2 is 1.05 bits per heavy atom. The van der Waals surface area contributed by atoms with Crippen molar-refractivity contribution in [1.82, 2.24) is 19.5 Å². The molecule has 4 nitrogen and oxygen atoms in total. The molecule has 0 radical (unpaired) electrons. The molecular weight excluding hydrogens is 536 g/mol. The molecule has 44 heavy (non-hydrogen) atoms. The van der Waals surface area contributed by atoms with Crippen molar-refractivity contribution in [1.29, 1.82) is 0 Å². The van der Waals surface area contributed by atoms with Crippen LogP contribution in [0.2, 0.25) is 0 Å². The van der Waals surface area contributed by atoms with Crippen LogP contribution < -0.4 is 0 Å². The fourth-order valence-corrected chi connectivity index (χ4v) is 6.85. The fourth-order valence-electron chi connectivity index (χ4n) is 6.85. The number of hydrogen-bond acceptors (Lipinski definition) is 3. The molecule has 9 rings (SSSR count). The number of nitrogens with zero attached hydrogens (tertiary/aromatic N) is 4. The summed E-state index contributed by atoms with van der Waals surface area (Å²) in [6.07, 6.45) is 0. The molecule has 0 amide bonds. The third kappa shape index (κ3) is 3.74. The van der Waals surface area contributed by atoms with Crippen LogP contribution in [0.25, 0.3) is 61.4 Å². The van der Waals surface area contributed by atoms with Crippen LogP contribution in [-0.4, -0.2) is 19.5 Å². The summed E-state index contributed by atoms with van der Waals surface area (Å²) in [5.74, 6) is 1.96. The molecule has 8 aromatic rings. The van der Waals surface area contributed by atoms with Crippen molar-refractivity contribution < 1.29 is 0 Å². The van der Waals surface area contributed by atoms with Crippen LogP contribution in [0.15, 0.2) is 152 Å². The normalized spacial score (nSPS) is 13.7. The van der Waals surface area contributed by atoms with Gasteiger partial charge in [-0.2, -0.15) is 0 Å². The lowest BCUT2D eigenvalue weighted by Crippen LogP contribution is -2.09. The van der Waals surface area contributed by atoms with Gasteiger partial charge in [-0.15, -0.1) is 0 Å². The second kappa shape index (κ2) is 9.85. The molecule has 0 spiro atoms. The second-order valence-corrected chi connectivity index (χ2v) is 11.2. The Kier molecular flexibility index (Phi) is 5.53. The van der Waals surface area contributed by atoms with Gasteiger partial charge >= 0.3 is 0 Å². The Morgan fingerprint density at radius 1 is 0.455 bits per heavy atom. The van der Waals surface area contributed by atoms with Crippen LogP contribution in [0.5, 0.6) is 0 Å². The van der Waals surface area contributed by atoms with Gasteiger partial charge < -0.3 is 4.57 Å². The minimum Gasteiger partial charge on any atom is -0.309 e. The maximum atomic E-state index is 5.23. The summed E-state index contributed by atoms with van der Waals surface area (Å²) >= 11 is 0. The molecular formula is C40H26N4. The number of para-hydroxylation sites is 2. The van der Waals surface area contributed by atoms with E-state index in [-0.39, 0.29) is 5.92 Å². The topological polar surface area (TPSA) is 43.6 Å². The fraction of sp³-hybridized carbons (Fsp3) is 0.0250. The summed E-state index contributed by atoms with van der Waals surface area (Å²) in [6.45, 7) is 0. The van der Waals surface area contributed by atoms with Crippen LogP contribution in [0.3, 0.4) is 0 Å². The highest BCUT2D eigenvalue weighted by Crippen LogP contribution is 2.52. The summed E-state index contributed by atoms with van der Waals surface area (Å²) < 4.78 is 2.38. The highest BCUT2D eigenvalue weighted by atomic mass is 15.0. The molecule has 0 saturated heterocycles. The van der Waals surface area contributed by atoms with E-state index in [1.165, 1.54) is 44.1 Å². The molecule has 1 aliphatic rings. The minimum atomic E-state index is -0.159. The molecule has 0 N–H and O–H groups in total. The van der Waals surface area contributed by atoms with Gasteiger partial charge in [0.15, 0.2) is 11.6 Å². The lowest BCUT2D eigenvalue weighted by molar-refractivity contribution is 0.860. The number of rotatable bonds is 4. The van der Waals surface area contributed by atoms with E-state index in [2.05, 4.69) is 120 Å². The van der Waals surface area contributed by atoms with Gasteiger partial charge in [0.2, 0.25) is 0 Å². The highest BCUT2D eigenvalue weighted by Gasteiger charge is 2.35. The van der Waals surface area contributed by atoms with E-state index in [4.69, 9.17) is 15.0 Å². The van der Waals surface area contributed by atoms with Crippen molar-refractivity contribution in [3.05, 3.63) is 169 Å². The van der Waals surface area contributed by atoms with E-state index in [1.807, 2.05) is 36.4 Å². The van der Waals surface area contributed by atoms with Gasteiger partial charge in [-0.3, -0.25) is 0 Å². The molecule has 206 valence electrons. The first-order valence-electron chi connectivity index (χ1n) is 14.9. The van der Waals surface area contributed by atoms with Gasteiger partial charge in [0.25, 0.3) is 0 Å². The van der Waals surface area contributed by atoms with Gasteiger partial charge in [0.1, 0.15) is 5.82 Å². The third-order valence-electron chi connectivity index (χ3n) is 8.72. The largest absolute Gasteiger partial charge is 0.309 e. The van der Waals surface area contributed by atoms with Crippen molar-refractivity contribution in [2.24, 2.45) is 0 Å². The molecule has 0 bridgehead atoms. The van der Waals surface area contributed by atoms with Gasteiger partial charge in [-0.1, -0.05) is 127 Å². The monoisotopic (exact) mass is 562 g/mol. The predicted octanol–water partition coefficient (Wildman–Crippen LogP) is 9.46. The lowest BCUT2D eigenvalue weighted by atomic mass is 9.92. The molecule has 1 unspecified atom stereocenters. The summed E-state index contributed by atoms with van der Waals surface area (Å²) in [5, 5.41) is 2.47. The Hall–Kier alpha value is -5.87. The Morgan fingerprint density at radius 3 is 1.75 bits per heavy atom. The summed E-state index contributed by atoms with van der Waals surface area (Å²) in [7, 11) is 0. The van der Waals surface area contributed by atoms with Crippen molar-refractivity contribution in [3.8, 4) is 39.6 Å². The smallest absolute Gasteiger partial charge is 0.163 e. The van der Waals surface area contributed by atoms with Crippen LogP contribution in [0.4, 0.5) is 0 Å². The molecule has 2 heterocycles. The molecule has 1 aliphatic carbocycles. The molecule has 6 aromatic carbocycles. The average Bonchev–Trinajstić information content (AvgIpc) is 3.62. The van der Waals surface area contributed by atoms with Crippen LogP contribution in [0, 0.1) is 0 Å². The van der Waals surface area contributed by atoms with Gasteiger partial charge in [-0.05, 0) is 46.5 Å². The van der Waals surface area contributed by atoms with Crippen molar-refractivity contribution in [2.75, 3.05) is 0 Å². The van der Waals surface area contributed by atoms with Crippen LogP contribution in [-0.2, 0) is 0 Å². The first-order chi connectivity index (χ1) is 21.8. The Bertz CT molecular complexity index is 2270. The second-order valence-electron chi connectivity index (χ2n) is 11.2. The zero-order valence-corrected chi connectivity index (χ0v) is 23.8. The van der Waals surface area contributed by atoms with E-state index < -0.39 is 0 Å². The molecule has 2 aromatic heterocycles. The number of fused-ring (bicyclic) bond motifs is 7. The van der Waals surface area contributed by atoms with Crippen molar-refractivity contribution >= 4 is 21.8 Å². The Balaban J connectivity index is 1.38. The van der Waals surface area contributed by atoms with Gasteiger partial charge in [0.05, 0.1) is 17.0 Å². The molecule has 0 aliphatic heterocycles. The van der Waals surface area contributed by atoms with Gasteiger partial charge in [0, 0.05) is 27.6 Å². The van der Waals surface area contributed by atoms with E-state index in [0.717, 1.165) is 22.6 Å². The van der Waals surface area contributed by atoms with E-state index in [1.54, 1.807) is 0 Å². The van der Waals surface area contributed by atoms with E-state index in [9.17, 15) is 0 Å². The van der Waals surface area contributed by atoms with Crippen LogP contribution >= 0.6 is 0 Å². The van der Waals surface area contributed by atoms with E-state index >= 15 is 0 Å². The molecule has 4 heteroatoms. The predicted molar refractivity (Wildman–Crippen MR) is 178 cm³/mol.